The molecule has 0 saturated carbocycles. The Balaban J connectivity index is 1.41. The zero-order valence-electron chi connectivity index (χ0n) is 15.0. The van der Waals surface area contributed by atoms with Gasteiger partial charge in [-0.25, -0.2) is 4.98 Å². The number of aromatic nitrogens is 1. The van der Waals surface area contributed by atoms with Crippen LogP contribution in [0.5, 0.6) is 11.5 Å². The van der Waals surface area contributed by atoms with E-state index in [2.05, 4.69) is 41.5 Å². The summed E-state index contributed by atoms with van der Waals surface area (Å²) in [6, 6.07) is 13.8. The fourth-order valence-electron chi connectivity index (χ4n) is 2.89. The maximum Gasteiger partial charge on any atom is 0.257 e. The van der Waals surface area contributed by atoms with Gasteiger partial charge in [-0.2, -0.15) is 0 Å². The van der Waals surface area contributed by atoms with E-state index >= 15 is 0 Å². The highest BCUT2D eigenvalue weighted by molar-refractivity contribution is 7.15. The number of thiazole rings is 1. The molecule has 6 heteroatoms. The lowest BCUT2D eigenvalue weighted by molar-refractivity contribution is 0.102. The number of carbonyl (C=O) groups excluding carboxylic acids is 1. The number of fused-ring (bicyclic) bond motifs is 1. The van der Waals surface area contributed by atoms with Crippen molar-refractivity contribution in [2.45, 2.75) is 19.8 Å². The van der Waals surface area contributed by atoms with E-state index in [0.717, 1.165) is 17.7 Å². The summed E-state index contributed by atoms with van der Waals surface area (Å²) >= 11 is 1.49. The Bertz CT molecular complexity index is 950. The summed E-state index contributed by atoms with van der Waals surface area (Å²) in [4.78, 5) is 17.9. The van der Waals surface area contributed by atoms with Crippen molar-refractivity contribution in [1.29, 1.82) is 0 Å². The Morgan fingerprint density at radius 3 is 2.59 bits per heavy atom. The summed E-state index contributed by atoms with van der Waals surface area (Å²) < 4.78 is 11.0. The van der Waals surface area contributed by atoms with Gasteiger partial charge in [-0.05, 0) is 35.7 Å². The Labute approximate surface area is 162 Å². The number of carbonyl (C=O) groups is 1. The third-order valence-electron chi connectivity index (χ3n) is 4.39. The summed E-state index contributed by atoms with van der Waals surface area (Å²) in [6.07, 6.45) is 3.66. The van der Waals surface area contributed by atoms with Gasteiger partial charge in [0.2, 0.25) is 0 Å². The molecule has 4 rings (SSSR count). The van der Waals surface area contributed by atoms with Gasteiger partial charge in [-0.1, -0.05) is 31.2 Å². The maximum absolute atomic E-state index is 12.5. The van der Waals surface area contributed by atoms with Crippen LogP contribution in [0, 0.1) is 0 Å². The predicted molar refractivity (Wildman–Crippen MR) is 106 cm³/mol. The molecule has 0 saturated heterocycles. The summed E-state index contributed by atoms with van der Waals surface area (Å²) in [7, 11) is 0. The lowest BCUT2D eigenvalue weighted by Crippen LogP contribution is -2.17. The number of ether oxygens (including phenoxy) is 2. The summed E-state index contributed by atoms with van der Waals surface area (Å²) in [5.41, 5.74) is 3.09. The summed E-state index contributed by atoms with van der Waals surface area (Å²) in [5, 5.41) is 3.45. The van der Waals surface area contributed by atoms with Gasteiger partial charge in [0, 0.05) is 23.1 Å². The zero-order chi connectivity index (χ0) is 18.6. The van der Waals surface area contributed by atoms with Crippen LogP contribution in [0.2, 0.25) is 0 Å². The van der Waals surface area contributed by atoms with Crippen LogP contribution in [0.15, 0.2) is 48.7 Å². The van der Waals surface area contributed by atoms with Crippen LogP contribution in [0.25, 0.3) is 0 Å². The minimum absolute atomic E-state index is 0.208. The lowest BCUT2D eigenvalue weighted by Gasteiger charge is -2.18. The van der Waals surface area contributed by atoms with Gasteiger partial charge in [0.05, 0.1) is 0 Å². The van der Waals surface area contributed by atoms with E-state index in [1.165, 1.54) is 22.5 Å². The van der Waals surface area contributed by atoms with Crippen molar-refractivity contribution >= 4 is 22.4 Å². The van der Waals surface area contributed by atoms with E-state index in [9.17, 15) is 4.79 Å². The molecule has 0 bridgehead atoms. The van der Waals surface area contributed by atoms with E-state index in [1.807, 2.05) is 6.20 Å². The highest BCUT2D eigenvalue weighted by atomic mass is 32.1. The molecular weight excluding hydrogens is 360 g/mol. The first kappa shape index (κ1) is 17.5. The number of hydrogen-bond donors (Lipinski definition) is 1. The number of nitrogens with zero attached hydrogens (tertiary/aromatic N) is 1. The Morgan fingerprint density at radius 2 is 1.81 bits per heavy atom. The van der Waals surface area contributed by atoms with Crippen molar-refractivity contribution in [1.82, 2.24) is 4.98 Å². The Kier molecular flexibility index (Phi) is 5.07. The molecule has 1 amide bonds. The van der Waals surface area contributed by atoms with Gasteiger partial charge < -0.3 is 9.47 Å². The molecule has 0 aliphatic carbocycles. The monoisotopic (exact) mass is 380 g/mol. The third kappa shape index (κ3) is 4.11. The third-order valence-corrected chi connectivity index (χ3v) is 5.30. The van der Waals surface area contributed by atoms with Crippen LogP contribution >= 0.6 is 11.3 Å². The quantitative estimate of drug-likeness (QED) is 0.716. The molecular formula is C21H20N2O3S. The van der Waals surface area contributed by atoms with E-state index in [0.29, 0.717) is 35.4 Å². The molecule has 0 fully saturated rings. The second-order valence-electron chi connectivity index (χ2n) is 6.29. The molecule has 2 heterocycles. The molecule has 1 N–H and O–H groups in total. The van der Waals surface area contributed by atoms with Crippen molar-refractivity contribution in [3.63, 3.8) is 0 Å². The second kappa shape index (κ2) is 7.80. The molecule has 138 valence electrons. The lowest BCUT2D eigenvalue weighted by atomic mass is 10.1. The van der Waals surface area contributed by atoms with Crippen LogP contribution in [0.4, 0.5) is 5.13 Å². The fraction of sp³-hybridized carbons (Fsp3) is 0.238. The molecule has 1 aliphatic heterocycles. The number of aryl methyl sites for hydroxylation is 1. The van der Waals surface area contributed by atoms with Crippen LogP contribution in [-0.2, 0) is 12.8 Å². The van der Waals surface area contributed by atoms with Crippen LogP contribution in [0.3, 0.4) is 0 Å². The van der Waals surface area contributed by atoms with E-state index in [4.69, 9.17) is 9.47 Å². The van der Waals surface area contributed by atoms with E-state index < -0.39 is 0 Å². The summed E-state index contributed by atoms with van der Waals surface area (Å²) in [6.45, 7) is 3.17. The SMILES string of the molecule is CCc1ccc(Cc2cnc(NC(=O)c3ccc4c(c3)OCCO4)s2)cc1. The number of hydrogen-bond acceptors (Lipinski definition) is 5. The first-order chi connectivity index (χ1) is 13.2. The van der Waals surface area contributed by atoms with Gasteiger partial charge in [-0.15, -0.1) is 11.3 Å². The highest BCUT2D eigenvalue weighted by Gasteiger charge is 2.16. The first-order valence-corrected chi connectivity index (χ1v) is 9.76. The average molecular weight is 380 g/mol. The summed E-state index contributed by atoms with van der Waals surface area (Å²) in [5.74, 6) is 1.06. The normalized spacial score (nSPS) is 12.6. The van der Waals surface area contributed by atoms with Gasteiger partial charge >= 0.3 is 0 Å². The van der Waals surface area contributed by atoms with Crippen molar-refractivity contribution in [2.75, 3.05) is 18.5 Å². The molecule has 1 aromatic heterocycles. The number of rotatable bonds is 5. The number of anilines is 1. The van der Waals surface area contributed by atoms with Crippen LogP contribution in [-0.4, -0.2) is 24.1 Å². The van der Waals surface area contributed by atoms with Crippen LogP contribution < -0.4 is 14.8 Å². The Morgan fingerprint density at radius 1 is 1.07 bits per heavy atom. The maximum atomic E-state index is 12.5. The molecule has 2 aromatic carbocycles. The zero-order valence-corrected chi connectivity index (χ0v) is 15.8. The van der Waals surface area contributed by atoms with Crippen LogP contribution in [0.1, 0.15) is 33.3 Å². The van der Waals surface area contributed by atoms with E-state index in [1.54, 1.807) is 18.2 Å². The molecule has 1 aliphatic rings. The minimum atomic E-state index is -0.208. The average Bonchev–Trinajstić information content (AvgIpc) is 3.15. The molecule has 0 unspecified atom stereocenters. The Hall–Kier alpha value is -2.86. The standard InChI is InChI=1S/C21H20N2O3S/c1-2-14-3-5-15(6-4-14)11-17-13-22-21(27-17)23-20(24)16-7-8-18-19(12-16)26-10-9-25-18/h3-8,12-13H,2,9-11H2,1H3,(H,22,23,24). The van der Waals surface area contributed by atoms with Crippen molar-refractivity contribution < 1.29 is 14.3 Å². The topological polar surface area (TPSA) is 60.5 Å². The van der Waals surface area contributed by atoms with Gasteiger partial charge in [-0.3, -0.25) is 10.1 Å². The number of benzene rings is 2. The minimum Gasteiger partial charge on any atom is -0.486 e. The van der Waals surface area contributed by atoms with Crippen molar-refractivity contribution in [3.8, 4) is 11.5 Å². The fourth-order valence-corrected chi connectivity index (χ4v) is 3.74. The van der Waals surface area contributed by atoms with E-state index in [-0.39, 0.29) is 5.91 Å². The number of amides is 1. The highest BCUT2D eigenvalue weighted by Crippen LogP contribution is 2.31. The smallest absolute Gasteiger partial charge is 0.257 e. The van der Waals surface area contributed by atoms with Gasteiger partial charge in [0.15, 0.2) is 16.6 Å². The largest absolute Gasteiger partial charge is 0.486 e. The van der Waals surface area contributed by atoms with Crippen molar-refractivity contribution in [3.05, 3.63) is 70.2 Å². The molecule has 3 aromatic rings. The molecule has 0 atom stereocenters. The molecule has 0 spiro atoms. The predicted octanol–water partition coefficient (Wildman–Crippen LogP) is 4.32. The first-order valence-electron chi connectivity index (χ1n) is 8.95. The van der Waals surface area contributed by atoms with Gasteiger partial charge in [0.1, 0.15) is 13.2 Å². The van der Waals surface area contributed by atoms with Gasteiger partial charge in [0.25, 0.3) is 5.91 Å². The molecule has 27 heavy (non-hydrogen) atoms. The number of nitrogens with one attached hydrogen (secondary N) is 1. The second-order valence-corrected chi connectivity index (χ2v) is 7.41. The molecule has 0 radical (unpaired) electrons. The molecule has 5 nitrogen and oxygen atoms in total. The van der Waals surface area contributed by atoms with Crippen molar-refractivity contribution in [2.24, 2.45) is 0 Å².